The van der Waals surface area contributed by atoms with Gasteiger partial charge in [-0.3, -0.25) is 9.36 Å². The minimum Gasteiger partial charge on any atom is -0.465 e. The molecule has 36 heavy (non-hydrogen) atoms. The molecule has 186 valence electrons. The van der Waals surface area contributed by atoms with Crippen molar-refractivity contribution in [3.8, 4) is 0 Å². The standard InChI is InChI=1S/C27H30N6O2S/c1-17-24(19(3)32(30-17)15-21-11-7-6-8-12-21)28-27(36)29-25-18(2)31-33(20(25)4)16-22-13-9-10-14-23(22)26(34)35-5/h6-14H,15-16H2,1-5H3,(H2,28,29,36). The molecule has 2 aromatic heterocycles. The van der Waals surface area contributed by atoms with Crippen molar-refractivity contribution in [3.05, 3.63) is 94.1 Å². The van der Waals surface area contributed by atoms with Crippen LogP contribution in [0.25, 0.3) is 0 Å². The fourth-order valence-corrected chi connectivity index (χ4v) is 4.41. The van der Waals surface area contributed by atoms with Gasteiger partial charge in [-0.15, -0.1) is 0 Å². The third kappa shape index (κ3) is 5.31. The number of nitrogens with zero attached hydrogens (tertiary/aromatic N) is 4. The largest absolute Gasteiger partial charge is 0.465 e. The van der Waals surface area contributed by atoms with Crippen molar-refractivity contribution in [1.29, 1.82) is 0 Å². The molecule has 2 heterocycles. The summed E-state index contributed by atoms with van der Waals surface area (Å²) in [5, 5.41) is 16.4. The summed E-state index contributed by atoms with van der Waals surface area (Å²) in [6, 6.07) is 17.6. The predicted molar refractivity (Wildman–Crippen MR) is 146 cm³/mol. The Morgan fingerprint density at radius 3 is 1.94 bits per heavy atom. The number of anilines is 2. The van der Waals surface area contributed by atoms with Gasteiger partial charge in [0.15, 0.2) is 5.11 Å². The number of rotatable bonds is 7. The molecule has 0 radical (unpaired) electrons. The number of aryl methyl sites for hydroxylation is 2. The molecular weight excluding hydrogens is 472 g/mol. The Balaban J connectivity index is 1.50. The van der Waals surface area contributed by atoms with Gasteiger partial charge in [0.25, 0.3) is 0 Å². The first-order chi connectivity index (χ1) is 17.3. The van der Waals surface area contributed by atoms with Crippen molar-refractivity contribution in [3.63, 3.8) is 0 Å². The predicted octanol–water partition coefficient (Wildman–Crippen LogP) is 5.01. The SMILES string of the molecule is COC(=O)c1ccccc1Cn1nc(C)c(NC(=S)Nc2c(C)nn(Cc3ccccc3)c2C)c1C. The monoisotopic (exact) mass is 502 g/mol. The molecule has 2 N–H and O–H groups in total. The van der Waals surface area contributed by atoms with Crippen LogP contribution in [0.2, 0.25) is 0 Å². The molecule has 0 saturated carbocycles. The van der Waals surface area contributed by atoms with Crippen LogP contribution in [0.4, 0.5) is 11.4 Å². The second-order valence-corrected chi connectivity index (χ2v) is 9.03. The Morgan fingerprint density at radius 1 is 0.833 bits per heavy atom. The number of methoxy groups -OCH3 is 1. The van der Waals surface area contributed by atoms with E-state index in [1.54, 1.807) is 6.07 Å². The molecule has 0 unspecified atom stereocenters. The van der Waals surface area contributed by atoms with Gasteiger partial charge in [0.1, 0.15) is 0 Å². The fourth-order valence-electron chi connectivity index (χ4n) is 4.21. The molecule has 0 amide bonds. The average Bonchev–Trinajstić information content (AvgIpc) is 3.28. The van der Waals surface area contributed by atoms with E-state index >= 15 is 0 Å². The number of aromatic nitrogens is 4. The summed E-state index contributed by atoms with van der Waals surface area (Å²) in [6.07, 6.45) is 0. The van der Waals surface area contributed by atoms with Crippen LogP contribution in [-0.2, 0) is 17.8 Å². The van der Waals surface area contributed by atoms with Crippen molar-refractivity contribution in [2.45, 2.75) is 40.8 Å². The highest BCUT2D eigenvalue weighted by atomic mass is 32.1. The lowest BCUT2D eigenvalue weighted by atomic mass is 10.1. The summed E-state index contributed by atoms with van der Waals surface area (Å²) >= 11 is 5.65. The summed E-state index contributed by atoms with van der Waals surface area (Å²) in [7, 11) is 1.38. The Bertz CT molecular complexity index is 1410. The smallest absolute Gasteiger partial charge is 0.338 e. The normalized spacial score (nSPS) is 10.8. The summed E-state index contributed by atoms with van der Waals surface area (Å²) < 4.78 is 8.76. The van der Waals surface area contributed by atoms with E-state index in [9.17, 15) is 4.79 Å². The minimum atomic E-state index is -0.366. The maximum absolute atomic E-state index is 12.2. The number of hydrogen-bond acceptors (Lipinski definition) is 5. The highest BCUT2D eigenvalue weighted by molar-refractivity contribution is 7.80. The van der Waals surface area contributed by atoms with Crippen molar-refractivity contribution >= 4 is 34.7 Å². The molecule has 0 spiro atoms. The number of nitrogens with one attached hydrogen (secondary N) is 2. The molecule has 9 heteroatoms. The van der Waals surface area contributed by atoms with Gasteiger partial charge < -0.3 is 15.4 Å². The molecule has 0 aliphatic rings. The van der Waals surface area contributed by atoms with Gasteiger partial charge in [0, 0.05) is 0 Å². The van der Waals surface area contributed by atoms with E-state index in [4.69, 9.17) is 22.1 Å². The molecule has 2 aromatic carbocycles. The lowest BCUT2D eigenvalue weighted by Gasteiger charge is -2.12. The number of carbonyl (C=O) groups is 1. The van der Waals surface area contributed by atoms with E-state index in [0.29, 0.717) is 23.8 Å². The first-order valence-electron chi connectivity index (χ1n) is 11.6. The van der Waals surface area contributed by atoms with E-state index in [-0.39, 0.29) is 5.97 Å². The fraction of sp³-hybridized carbons (Fsp3) is 0.259. The van der Waals surface area contributed by atoms with Crippen molar-refractivity contribution in [2.75, 3.05) is 17.7 Å². The third-order valence-electron chi connectivity index (χ3n) is 6.16. The summed E-state index contributed by atoms with van der Waals surface area (Å²) in [6.45, 7) is 9.01. The minimum absolute atomic E-state index is 0.366. The summed E-state index contributed by atoms with van der Waals surface area (Å²) in [5.74, 6) is -0.366. The summed E-state index contributed by atoms with van der Waals surface area (Å²) in [5.41, 5.74) is 7.85. The zero-order valence-corrected chi connectivity index (χ0v) is 21.9. The van der Waals surface area contributed by atoms with Gasteiger partial charge >= 0.3 is 5.97 Å². The van der Waals surface area contributed by atoms with Crippen molar-refractivity contribution < 1.29 is 9.53 Å². The molecule has 0 aliphatic carbocycles. The van der Waals surface area contributed by atoms with Crippen LogP contribution in [0, 0.1) is 27.7 Å². The van der Waals surface area contributed by atoms with E-state index in [1.165, 1.54) is 12.7 Å². The van der Waals surface area contributed by atoms with E-state index < -0.39 is 0 Å². The molecule has 0 aliphatic heterocycles. The van der Waals surface area contributed by atoms with Crippen LogP contribution in [-0.4, -0.2) is 37.8 Å². The maximum atomic E-state index is 12.2. The highest BCUT2D eigenvalue weighted by Crippen LogP contribution is 2.24. The quantitative estimate of drug-likeness (QED) is 0.272. The number of thiocarbonyl (C=S) groups is 1. The maximum Gasteiger partial charge on any atom is 0.338 e. The van der Waals surface area contributed by atoms with E-state index in [1.807, 2.05) is 73.5 Å². The van der Waals surface area contributed by atoms with Gasteiger partial charge in [-0.05, 0) is 57.1 Å². The van der Waals surface area contributed by atoms with Gasteiger partial charge in [-0.25, -0.2) is 4.79 Å². The van der Waals surface area contributed by atoms with Crippen LogP contribution >= 0.6 is 12.2 Å². The topological polar surface area (TPSA) is 86.0 Å². The van der Waals surface area contributed by atoms with Crippen LogP contribution in [0.15, 0.2) is 54.6 Å². The van der Waals surface area contributed by atoms with Crippen LogP contribution < -0.4 is 10.6 Å². The average molecular weight is 503 g/mol. The Labute approximate surface area is 216 Å². The molecule has 0 bridgehead atoms. The van der Waals surface area contributed by atoms with Gasteiger partial charge in [-0.2, -0.15) is 10.2 Å². The Morgan fingerprint density at radius 2 is 1.36 bits per heavy atom. The lowest BCUT2D eigenvalue weighted by Crippen LogP contribution is -2.21. The van der Waals surface area contributed by atoms with E-state index in [2.05, 4.69) is 27.9 Å². The first-order valence-corrected chi connectivity index (χ1v) is 12.1. The summed E-state index contributed by atoms with van der Waals surface area (Å²) in [4.78, 5) is 12.2. The molecule has 0 fully saturated rings. The zero-order valence-electron chi connectivity index (χ0n) is 21.1. The Kier molecular flexibility index (Phi) is 7.49. The number of carbonyl (C=O) groups excluding carboxylic acids is 1. The second-order valence-electron chi connectivity index (χ2n) is 8.62. The molecular formula is C27H30N6O2S. The molecule has 8 nitrogen and oxygen atoms in total. The van der Waals surface area contributed by atoms with Crippen LogP contribution in [0.5, 0.6) is 0 Å². The number of esters is 1. The molecule has 0 atom stereocenters. The Hall–Kier alpha value is -3.98. The molecule has 4 rings (SSSR count). The third-order valence-corrected chi connectivity index (χ3v) is 6.36. The lowest BCUT2D eigenvalue weighted by molar-refractivity contribution is 0.0599. The van der Waals surface area contributed by atoms with Crippen molar-refractivity contribution in [2.24, 2.45) is 0 Å². The number of ether oxygens (including phenoxy) is 1. The highest BCUT2D eigenvalue weighted by Gasteiger charge is 2.18. The first kappa shape index (κ1) is 25.1. The number of benzene rings is 2. The zero-order chi connectivity index (χ0) is 25.8. The van der Waals surface area contributed by atoms with E-state index in [0.717, 1.165) is 39.7 Å². The van der Waals surface area contributed by atoms with Crippen LogP contribution in [0.3, 0.4) is 0 Å². The van der Waals surface area contributed by atoms with Gasteiger partial charge in [0.2, 0.25) is 0 Å². The molecule has 4 aromatic rings. The van der Waals surface area contributed by atoms with Gasteiger partial charge in [0.05, 0.1) is 59.9 Å². The second kappa shape index (κ2) is 10.7. The van der Waals surface area contributed by atoms with Crippen molar-refractivity contribution in [1.82, 2.24) is 19.6 Å². The molecule has 0 saturated heterocycles. The van der Waals surface area contributed by atoms with Gasteiger partial charge in [-0.1, -0.05) is 48.5 Å². The van der Waals surface area contributed by atoms with Crippen LogP contribution in [0.1, 0.15) is 44.3 Å². The number of hydrogen-bond donors (Lipinski definition) is 2.